The van der Waals surface area contributed by atoms with Gasteiger partial charge in [0.2, 0.25) is 11.5 Å². The van der Waals surface area contributed by atoms with Gasteiger partial charge in [0.05, 0.1) is 5.39 Å². The standard InChI is InChI=1S/C22H20O5/c1-12-9-14(3)17(10-13(12)2)21(24)15(4)26-22(25)20-11-18(23)16-7-5-6-8-19(16)27-20/h5-11,15H,1-4H3. The first-order chi connectivity index (χ1) is 12.8. The molecule has 3 rings (SSSR count). The monoisotopic (exact) mass is 364 g/mol. The van der Waals surface area contributed by atoms with Crippen LogP contribution in [0.1, 0.15) is 44.5 Å². The number of carbonyl (C=O) groups excluding carboxylic acids is 2. The van der Waals surface area contributed by atoms with Gasteiger partial charge in [-0.1, -0.05) is 18.2 Å². The van der Waals surface area contributed by atoms with Crippen LogP contribution in [0.5, 0.6) is 0 Å². The van der Waals surface area contributed by atoms with Crippen LogP contribution in [0.2, 0.25) is 0 Å². The molecule has 1 heterocycles. The maximum Gasteiger partial charge on any atom is 0.375 e. The van der Waals surface area contributed by atoms with Crippen molar-refractivity contribution in [3.63, 3.8) is 0 Å². The summed E-state index contributed by atoms with van der Waals surface area (Å²) >= 11 is 0. The first-order valence-electron chi connectivity index (χ1n) is 8.64. The van der Waals surface area contributed by atoms with Crippen molar-refractivity contribution < 1.29 is 18.7 Å². The zero-order chi connectivity index (χ0) is 19.7. The summed E-state index contributed by atoms with van der Waals surface area (Å²) in [5.41, 5.74) is 3.37. The van der Waals surface area contributed by atoms with Gasteiger partial charge in [0.25, 0.3) is 0 Å². The Hall–Kier alpha value is -3.21. The van der Waals surface area contributed by atoms with Crippen molar-refractivity contribution in [2.24, 2.45) is 0 Å². The molecule has 138 valence electrons. The van der Waals surface area contributed by atoms with Crippen molar-refractivity contribution in [1.29, 1.82) is 0 Å². The summed E-state index contributed by atoms with van der Waals surface area (Å²) in [6.45, 7) is 7.25. The maximum absolute atomic E-state index is 12.7. The van der Waals surface area contributed by atoms with Crippen LogP contribution in [-0.2, 0) is 4.74 Å². The lowest BCUT2D eigenvalue weighted by atomic mass is 9.96. The van der Waals surface area contributed by atoms with Crippen molar-refractivity contribution in [2.75, 3.05) is 0 Å². The van der Waals surface area contributed by atoms with E-state index < -0.39 is 12.1 Å². The number of hydrogen-bond acceptors (Lipinski definition) is 5. The second-order valence-corrected chi connectivity index (χ2v) is 6.63. The number of hydrogen-bond donors (Lipinski definition) is 0. The minimum absolute atomic E-state index is 0.227. The molecule has 0 fully saturated rings. The Bertz CT molecular complexity index is 1110. The third-order valence-corrected chi connectivity index (χ3v) is 4.60. The highest BCUT2D eigenvalue weighted by atomic mass is 16.6. The van der Waals surface area contributed by atoms with Crippen molar-refractivity contribution in [3.8, 4) is 0 Å². The largest absolute Gasteiger partial charge is 0.449 e. The van der Waals surface area contributed by atoms with E-state index in [1.54, 1.807) is 30.3 Å². The van der Waals surface area contributed by atoms with Gasteiger partial charge in [0, 0.05) is 11.6 Å². The highest BCUT2D eigenvalue weighted by Gasteiger charge is 2.24. The van der Waals surface area contributed by atoms with E-state index in [4.69, 9.17) is 9.15 Å². The van der Waals surface area contributed by atoms with E-state index in [1.165, 1.54) is 6.92 Å². The van der Waals surface area contributed by atoms with Crippen LogP contribution in [0, 0.1) is 20.8 Å². The van der Waals surface area contributed by atoms with E-state index in [-0.39, 0.29) is 17.0 Å². The van der Waals surface area contributed by atoms with Crippen molar-refractivity contribution >= 4 is 22.7 Å². The minimum atomic E-state index is -1.00. The summed E-state index contributed by atoms with van der Waals surface area (Å²) in [6, 6.07) is 11.4. The fourth-order valence-corrected chi connectivity index (χ4v) is 2.92. The summed E-state index contributed by atoms with van der Waals surface area (Å²) in [5, 5.41) is 0.379. The first-order valence-corrected chi connectivity index (χ1v) is 8.64. The molecule has 0 spiro atoms. The number of benzene rings is 2. The number of Topliss-reactive ketones (excluding diaryl/α,β-unsaturated/α-hetero) is 1. The molecule has 0 saturated heterocycles. The van der Waals surface area contributed by atoms with Crippen LogP contribution in [0.15, 0.2) is 51.7 Å². The lowest BCUT2D eigenvalue weighted by molar-refractivity contribution is 0.0289. The molecule has 5 heteroatoms. The Balaban J connectivity index is 1.85. The fourth-order valence-electron chi connectivity index (χ4n) is 2.92. The highest BCUT2D eigenvalue weighted by Crippen LogP contribution is 2.19. The number of esters is 1. The molecule has 0 amide bonds. The average molecular weight is 364 g/mol. The third kappa shape index (κ3) is 3.67. The van der Waals surface area contributed by atoms with Gasteiger partial charge in [0.1, 0.15) is 5.58 Å². The van der Waals surface area contributed by atoms with Crippen LogP contribution in [0.25, 0.3) is 11.0 Å². The SMILES string of the molecule is Cc1cc(C)c(C(=O)C(C)OC(=O)c2cc(=O)c3ccccc3o2)cc1C. The van der Waals surface area contributed by atoms with Crippen LogP contribution in [0.3, 0.4) is 0 Å². The topological polar surface area (TPSA) is 73.6 Å². The molecule has 0 saturated carbocycles. The minimum Gasteiger partial charge on any atom is -0.449 e. The van der Waals surface area contributed by atoms with Gasteiger partial charge in [-0.3, -0.25) is 9.59 Å². The molecule has 3 aromatic rings. The smallest absolute Gasteiger partial charge is 0.375 e. The Labute approximate surface area is 156 Å². The Morgan fingerprint density at radius 2 is 1.63 bits per heavy atom. The van der Waals surface area contributed by atoms with E-state index in [1.807, 2.05) is 26.8 Å². The normalized spacial score (nSPS) is 12.0. The molecule has 0 radical (unpaired) electrons. The zero-order valence-corrected chi connectivity index (χ0v) is 15.7. The van der Waals surface area contributed by atoms with Crippen LogP contribution < -0.4 is 5.43 Å². The number of rotatable bonds is 4. The highest BCUT2D eigenvalue weighted by molar-refractivity contribution is 6.02. The van der Waals surface area contributed by atoms with Crippen LogP contribution in [-0.4, -0.2) is 17.9 Å². The number of carbonyl (C=O) groups is 2. The first kappa shape index (κ1) is 18.6. The number of ketones is 1. The molecule has 5 nitrogen and oxygen atoms in total. The van der Waals surface area contributed by atoms with Crippen molar-refractivity contribution in [1.82, 2.24) is 0 Å². The second kappa shape index (κ2) is 7.19. The Morgan fingerprint density at radius 1 is 0.963 bits per heavy atom. The molecule has 2 aromatic carbocycles. The second-order valence-electron chi connectivity index (χ2n) is 6.63. The van der Waals surface area contributed by atoms with E-state index in [2.05, 4.69) is 0 Å². The molecule has 1 unspecified atom stereocenters. The van der Waals surface area contributed by atoms with E-state index in [9.17, 15) is 14.4 Å². The Morgan fingerprint density at radius 3 is 2.37 bits per heavy atom. The summed E-state index contributed by atoms with van der Waals surface area (Å²) in [7, 11) is 0. The summed E-state index contributed by atoms with van der Waals surface area (Å²) < 4.78 is 10.7. The fraction of sp³-hybridized carbons (Fsp3) is 0.227. The quantitative estimate of drug-likeness (QED) is 0.514. The number of fused-ring (bicyclic) bond motifs is 1. The summed E-state index contributed by atoms with van der Waals surface area (Å²) in [6.07, 6.45) is -1.00. The lowest BCUT2D eigenvalue weighted by Gasteiger charge is -2.15. The van der Waals surface area contributed by atoms with Crippen molar-refractivity contribution in [2.45, 2.75) is 33.8 Å². The lowest BCUT2D eigenvalue weighted by Crippen LogP contribution is -2.25. The third-order valence-electron chi connectivity index (χ3n) is 4.60. The Kier molecular flexibility index (Phi) is 4.95. The number of aryl methyl sites for hydroxylation is 3. The van der Waals surface area contributed by atoms with Crippen molar-refractivity contribution in [3.05, 3.63) is 80.7 Å². The molecule has 0 bridgehead atoms. The summed E-state index contributed by atoms with van der Waals surface area (Å²) in [5.74, 6) is -1.37. The molecular weight excluding hydrogens is 344 g/mol. The molecule has 1 aromatic heterocycles. The maximum atomic E-state index is 12.7. The van der Waals surface area contributed by atoms with Crippen LogP contribution in [0.4, 0.5) is 0 Å². The predicted octanol–water partition coefficient (Wildman–Crippen LogP) is 4.15. The number of ether oxygens (including phenoxy) is 1. The van der Waals surface area contributed by atoms with Gasteiger partial charge < -0.3 is 9.15 Å². The van der Waals surface area contributed by atoms with Gasteiger partial charge in [-0.05, 0) is 62.6 Å². The van der Waals surface area contributed by atoms with E-state index in [0.717, 1.165) is 22.8 Å². The van der Waals surface area contributed by atoms with Gasteiger partial charge >= 0.3 is 5.97 Å². The summed E-state index contributed by atoms with van der Waals surface area (Å²) in [4.78, 5) is 37.2. The van der Waals surface area contributed by atoms with Crippen LogP contribution >= 0.6 is 0 Å². The molecule has 0 aliphatic carbocycles. The van der Waals surface area contributed by atoms with E-state index >= 15 is 0 Å². The van der Waals surface area contributed by atoms with Gasteiger partial charge in [-0.2, -0.15) is 0 Å². The predicted molar refractivity (Wildman–Crippen MR) is 102 cm³/mol. The molecular formula is C22H20O5. The molecule has 0 aliphatic rings. The van der Waals surface area contributed by atoms with Gasteiger partial charge in [0.15, 0.2) is 11.5 Å². The molecule has 0 N–H and O–H groups in total. The average Bonchev–Trinajstić information content (AvgIpc) is 2.64. The molecule has 27 heavy (non-hydrogen) atoms. The molecule has 1 atom stereocenters. The molecule has 0 aliphatic heterocycles. The van der Waals surface area contributed by atoms with Gasteiger partial charge in [-0.15, -0.1) is 0 Å². The zero-order valence-electron chi connectivity index (χ0n) is 15.7. The van der Waals surface area contributed by atoms with Gasteiger partial charge in [-0.25, -0.2) is 4.79 Å². The number of para-hydroxylation sites is 1. The van der Waals surface area contributed by atoms with E-state index in [0.29, 0.717) is 16.5 Å².